The molecule has 6 heterocycles. The highest BCUT2D eigenvalue weighted by Crippen LogP contribution is 2.43. The fourth-order valence-corrected chi connectivity index (χ4v) is 13.5. The zero-order chi connectivity index (χ0) is 48.6. The van der Waals surface area contributed by atoms with Crippen LogP contribution in [-0.2, 0) is 93.8 Å². The Labute approximate surface area is 404 Å². The number of carbonyl (C=O) groups excluding carboxylic acids is 2. The summed E-state index contributed by atoms with van der Waals surface area (Å²) in [6, 6.07) is -1.38. The van der Waals surface area contributed by atoms with E-state index < -0.39 is 31.9 Å². The first-order valence-corrected chi connectivity index (χ1v) is 27.2. The van der Waals surface area contributed by atoms with E-state index in [4.69, 9.17) is 29.2 Å². The number of likely N-dealkylation sites (tertiary alicyclic amines) is 2. The van der Waals surface area contributed by atoms with Crippen molar-refractivity contribution >= 4 is 43.3 Å². The van der Waals surface area contributed by atoms with Gasteiger partial charge in [-0.3, -0.25) is 9.80 Å². The summed E-state index contributed by atoms with van der Waals surface area (Å²) in [5.74, 6) is 0.302. The number of amides is 4. The number of urea groups is 2. The quantitative estimate of drug-likeness (QED) is 0.195. The van der Waals surface area contributed by atoms with E-state index in [2.05, 4.69) is 39.4 Å². The van der Waals surface area contributed by atoms with Crippen LogP contribution in [0.4, 0.5) is 29.7 Å². The Kier molecular flexibility index (Phi) is 12.5. The largest absolute Gasteiger partial charge is 0.475 e. The molecule has 2 unspecified atom stereocenters. The lowest BCUT2D eigenvalue weighted by atomic mass is 9.98. The second kappa shape index (κ2) is 18.5. The molecule has 4 amide bonds. The van der Waals surface area contributed by atoms with Crippen molar-refractivity contribution < 1.29 is 45.7 Å². The predicted molar refractivity (Wildman–Crippen MR) is 253 cm³/mol. The van der Waals surface area contributed by atoms with Gasteiger partial charge in [-0.15, -0.1) is 8.73 Å². The minimum atomic E-state index is -3.61. The van der Waals surface area contributed by atoms with Crippen LogP contribution in [0.5, 0.6) is 11.8 Å². The van der Waals surface area contributed by atoms with E-state index in [9.17, 15) is 26.8 Å². The number of halogens is 2. The summed E-state index contributed by atoms with van der Waals surface area (Å²) in [7, 11) is -3.82. The Morgan fingerprint density at radius 2 is 0.929 bits per heavy atom. The second-order valence-electron chi connectivity index (χ2n) is 19.3. The van der Waals surface area contributed by atoms with Crippen LogP contribution in [0.3, 0.4) is 0 Å². The standard InChI is InChI=1S/2C23H29FN6O4S/c2*1-33-14-10-29(11-14)13-9-30-22(34-12-13)19(8-26-30)35(25,32)28-23(31)27-21-17-6-2-4-15(17)20(24)16-5-3-7-18(16)21/h2*8,13-14H,2-7,9-12H2,1H3,(H3,25,27,28,31,32)/t2*13-,35?/m00/s1. The van der Waals surface area contributed by atoms with Crippen LogP contribution >= 0.6 is 0 Å². The molecule has 2 aromatic carbocycles. The van der Waals surface area contributed by atoms with Crippen LogP contribution in [0.15, 0.2) is 30.9 Å². The number of ether oxygens (including phenoxy) is 4. The van der Waals surface area contributed by atoms with Crippen LogP contribution < -0.4 is 30.4 Å². The fourth-order valence-electron chi connectivity index (χ4n) is 11.5. The molecule has 20 nitrogen and oxygen atoms in total. The summed E-state index contributed by atoms with van der Waals surface area (Å²) in [5, 5.41) is 26.3. The van der Waals surface area contributed by atoms with E-state index in [0.717, 1.165) is 74.1 Å². The Balaban J connectivity index is 0.000000152. The number of fused-ring (bicyclic) bond motifs is 6. The highest BCUT2D eigenvalue weighted by Gasteiger charge is 2.39. The number of aromatic nitrogens is 4. The number of nitrogens with one attached hydrogen (secondary N) is 2. The van der Waals surface area contributed by atoms with Crippen molar-refractivity contribution in [3.8, 4) is 11.8 Å². The van der Waals surface area contributed by atoms with Crippen molar-refractivity contribution in [2.75, 3.05) is 64.2 Å². The van der Waals surface area contributed by atoms with E-state index in [0.29, 0.717) is 111 Å². The lowest BCUT2D eigenvalue weighted by Gasteiger charge is -2.44. The van der Waals surface area contributed by atoms with Gasteiger partial charge in [0.1, 0.15) is 34.6 Å². The lowest BCUT2D eigenvalue weighted by Crippen LogP contribution is -2.59. The summed E-state index contributed by atoms with van der Waals surface area (Å²) < 4.78 is 89.8. The van der Waals surface area contributed by atoms with Gasteiger partial charge in [0.05, 0.1) is 49.8 Å². The number of hydrogen-bond donors (Lipinski definition) is 4. The third kappa shape index (κ3) is 8.45. The Bertz CT molecular complexity index is 2790. The van der Waals surface area contributed by atoms with Gasteiger partial charge in [0.25, 0.3) is 0 Å². The maximum absolute atomic E-state index is 14.9. The van der Waals surface area contributed by atoms with Crippen LogP contribution in [0.25, 0.3) is 0 Å². The van der Waals surface area contributed by atoms with Crippen LogP contribution in [-0.4, -0.2) is 128 Å². The fraction of sp³-hybridized carbons (Fsp3) is 0.565. The van der Waals surface area contributed by atoms with Gasteiger partial charge in [-0.25, -0.2) is 46.4 Å². The molecule has 4 atom stereocenters. The Hall–Kier alpha value is -5.08. The molecule has 4 aliphatic heterocycles. The van der Waals surface area contributed by atoms with E-state index in [-0.39, 0.29) is 57.5 Å². The number of anilines is 2. The molecule has 24 heteroatoms. The molecule has 8 aliphatic rings. The third-order valence-corrected chi connectivity index (χ3v) is 17.9. The molecule has 376 valence electrons. The maximum atomic E-state index is 14.9. The highest BCUT2D eigenvalue weighted by molar-refractivity contribution is 7.92. The first-order valence-electron chi connectivity index (χ1n) is 24.0. The number of carbonyl (C=O) groups is 2. The van der Waals surface area contributed by atoms with Gasteiger partial charge >= 0.3 is 12.1 Å². The molecule has 0 spiro atoms. The summed E-state index contributed by atoms with van der Waals surface area (Å²) in [6.07, 6.45) is 12.0. The number of nitrogens with zero attached hydrogens (tertiary/aromatic N) is 8. The Morgan fingerprint density at radius 1 is 0.600 bits per heavy atom. The molecule has 4 aromatic rings. The average Bonchev–Trinajstić information content (AvgIpc) is 4.16. The molecule has 0 radical (unpaired) electrons. The zero-order valence-corrected chi connectivity index (χ0v) is 40.8. The zero-order valence-electron chi connectivity index (χ0n) is 39.2. The van der Waals surface area contributed by atoms with E-state index >= 15 is 0 Å². The lowest BCUT2D eigenvalue weighted by molar-refractivity contribution is -0.0687. The van der Waals surface area contributed by atoms with Crippen molar-refractivity contribution in [3.05, 3.63) is 68.5 Å². The molecule has 6 N–H and O–H groups in total. The first kappa shape index (κ1) is 47.3. The molecule has 70 heavy (non-hydrogen) atoms. The number of benzene rings is 2. The minimum absolute atomic E-state index is 0.0963. The molecular formula is C46H58F2N12O8S2. The third-order valence-electron chi connectivity index (χ3n) is 15.2. The van der Waals surface area contributed by atoms with E-state index in [1.54, 1.807) is 23.6 Å². The SMILES string of the molecule is COC1CN([C@@H]2COc3c(S(N)(=O)=NC(=O)Nc4c5c(c(F)c6c4CCC6)CCC5)cnn3C2)C1.COC1CN([C@@H]2COc3c(S(N)(=O)=NC(=O)Nc4c5c(c(F)c6c4CCC6)CCC5)cnn3C2)C1. The highest BCUT2D eigenvalue weighted by atomic mass is 32.2. The van der Waals surface area contributed by atoms with Crippen molar-refractivity contribution in [2.24, 2.45) is 19.0 Å². The summed E-state index contributed by atoms with van der Waals surface area (Å²) in [6.45, 7) is 5.21. The maximum Gasteiger partial charge on any atom is 0.354 e. The van der Waals surface area contributed by atoms with Crippen LogP contribution in [0, 0.1) is 11.6 Å². The molecule has 2 fully saturated rings. The van der Waals surface area contributed by atoms with Gasteiger partial charge in [-0.1, -0.05) is 0 Å². The number of nitrogens with two attached hydrogens (primary N) is 2. The van der Waals surface area contributed by atoms with E-state index in [1.807, 2.05) is 0 Å². The molecular weight excluding hydrogens is 951 g/mol. The number of hydrogen-bond acceptors (Lipinski definition) is 12. The van der Waals surface area contributed by atoms with Gasteiger partial charge in [0, 0.05) is 51.8 Å². The molecule has 2 saturated heterocycles. The second-order valence-corrected chi connectivity index (χ2v) is 22.9. The van der Waals surface area contributed by atoms with Gasteiger partial charge in [-0.2, -0.15) is 10.2 Å². The number of methoxy groups -OCH3 is 2. The summed E-state index contributed by atoms with van der Waals surface area (Å²) in [4.78, 5) is 30.5. The monoisotopic (exact) mass is 1010 g/mol. The van der Waals surface area contributed by atoms with Gasteiger partial charge in [0.15, 0.2) is 19.8 Å². The molecule has 0 saturated carbocycles. The normalized spacial score (nSPS) is 23.0. The van der Waals surface area contributed by atoms with Crippen molar-refractivity contribution in [3.63, 3.8) is 0 Å². The molecule has 12 rings (SSSR count). The van der Waals surface area contributed by atoms with Crippen LogP contribution in [0.2, 0.25) is 0 Å². The average molecular weight is 1010 g/mol. The Morgan fingerprint density at radius 3 is 1.26 bits per heavy atom. The van der Waals surface area contributed by atoms with Crippen LogP contribution in [0.1, 0.15) is 70.2 Å². The smallest absolute Gasteiger partial charge is 0.354 e. The van der Waals surface area contributed by atoms with E-state index in [1.165, 1.54) is 12.4 Å². The molecule has 2 aromatic heterocycles. The van der Waals surface area contributed by atoms with Gasteiger partial charge in [-0.05, 0) is 122 Å². The molecule has 0 bridgehead atoms. The summed E-state index contributed by atoms with van der Waals surface area (Å²) >= 11 is 0. The predicted octanol–water partition coefficient (Wildman–Crippen LogP) is 4.05. The molecule has 4 aliphatic carbocycles. The van der Waals surface area contributed by atoms with Crippen molar-refractivity contribution in [1.29, 1.82) is 0 Å². The van der Waals surface area contributed by atoms with Gasteiger partial charge in [0.2, 0.25) is 11.8 Å². The van der Waals surface area contributed by atoms with Crippen molar-refractivity contribution in [2.45, 2.75) is 124 Å². The summed E-state index contributed by atoms with van der Waals surface area (Å²) in [5.41, 5.74) is 7.28. The topological polar surface area (TPSA) is 248 Å². The van der Waals surface area contributed by atoms with Crippen molar-refractivity contribution in [1.82, 2.24) is 29.4 Å². The number of rotatable bonds is 8. The van der Waals surface area contributed by atoms with Gasteiger partial charge < -0.3 is 29.6 Å². The minimum Gasteiger partial charge on any atom is -0.475 e. The first-order chi connectivity index (χ1) is 33.7.